The molecule has 0 spiro atoms. The number of aryl methyl sites for hydroxylation is 1. The van der Waals surface area contributed by atoms with Crippen LogP contribution in [0.5, 0.6) is 0 Å². The van der Waals surface area contributed by atoms with Crippen LogP contribution in [-0.4, -0.2) is 17.1 Å². The van der Waals surface area contributed by atoms with E-state index in [1.807, 2.05) is 19.2 Å². The molecule has 2 rings (SSSR count). The van der Waals surface area contributed by atoms with Gasteiger partial charge in [0.15, 0.2) is 0 Å². The number of anilines is 1. The van der Waals surface area contributed by atoms with E-state index in [4.69, 9.17) is 5.73 Å². The Bertz CT molecular complexity index is 316. The van der Waals surface area contributed by atoms with Crippen LogP contribution in [-0.2, 0) is 0 Å². The molecule has 3 N–H and O–H groups in total. The van der Waals surface area contributed by atoms with Gasteiger partial charge in [-0.25, -0.2) is 0 Å². The monoisotopic (exact) mass is 205 g/mol. The van der Waals surface area contributed by atoms with Crippen molar-refractivity contribution in [1.29, 1.82) is 0 Å². The molecule has 1 aliphatic rings. The van der Waals surface area contributed by atoms with Crippen LogP contribution < -0.4 is 11.1 Å². The van der Waals surface area contributed by atoms with Gasteiger partial charge in [-0.15, -0.1) is 0 Å². The summed E-state index contributed by atoms with van der Waals surface area (Å²) in [6, 6.07) is 5.13. The summed E-state index contributed by atoms with van der Waals surface area (Å²) in [6.07, 6.45) is 6.50. The van der Waals surface area contributed by atoms with Crippen LogP contribution in [0.4, 0.5) is 5.69 Å². The fraction of sp³-hybridized carbons (Fsp3) is 0.583. The number of nitrogens with two attached hydrogens (primary N) is 1. The molecule has 1 aromatic heterocycles. The molecule has 3 heteroatoms. The predicted molar refractivity (Wildman–Crippen MR) is 62.8 cm³/mol. The van der Waals surface area contributed by atoms with Crippen LogP contribution in [0.25, 0.3) is 0 Å². The summed E-state index contributed by atoms with van der Waals surface area (Å²) in [5, 5.41) is 3.55. The van der Waals surface area contributed by atoms with Gasteiger partial charge in [-0.2, -0.15) is 0 Å². The molecular weight excluding hydrogens is 186 g/mol. The van der Waals surface area contributed by atoms with Crippen molar-refractivity contribution in [2.75, 3.05) is 5.32 Å². The summed E-state index contributed by atoms with van der Waals surface area (Å²) in [7, 11) is 0. The number of hydrogen-bond acceptors (Lipinski definition) is 3. The number of pyridine rings is 1. The first kappa shape index (κ1) is 10.4. The van der Waals surface area contributed by atoms with Crippen molar-refractivity contribution in [2.24, 2.45) is 5.73 Å². The molecule has 15 heavy (non-hydrogen) atoms. The third-order valence-electron chi connectivity index (χ3n) is 3.04. The molecular formula is C12H19N3. The van der Waals surface area contributed by atoms with Crippen LogP contribution in [0.15, 0.2) is 18.3 Å². The van der Waals surface area contributed by atoms with Gasteiger partial charge in [-0.3, -0.25) is 4.98 Å². The summed E-state index contributed by atoms with van der Waals surface area (Å²) < 4.78 is 0. The molecule has 0 bridgehead atoms. The van der Waals surface area contributed by atoms with E-state index >= 15 is 0 Å². The normalized spacial score (nSPS) is 26.3. The van der Waals surface area contributed by atoms with E-state index in [1.165, 1.54) is 18.5 Å². The van der Waals surface area contributed by atoms with Gasteiger partial charge in [0, 0.05) is 29.7 Å². The molecule has 82 valence electrons. The molecule has 1 saturated carbocycles. The first-order valence-electron chi connectivity index (χ1n) is 5.69. The van der Waals surface area contributed by atoms with E-state index in [2.05, 4.69) is 16.4 Å². The van der Waals surface area contributed by atoms with Crippen molar-refractivity contribution in [3.8, 4) is 0 Å². The summed E-state index contributed by atoms with van der Waals surface area (Å²) in [5.74, 6) is 0. The molecule has 0 amide bonds. The van der Waals surface area contributed by atoms with Gasteiger partial charge in [0.1, 0.15) is 0 Å². The Kier molecular flexibility index (Phi) is 3.21. The molecule has 3 nitrogen and oxygen atoms in total. The second-order valence-electron chi connectivity index (χ2n) is 4.44. The molecule has 0 radical (unpaired) electrons. The van der Waals surface area contributed by atoms with E-state index < -0.39 is 0 Å². The zero-order valence-electron chi connectivity index (χ0n) is 9.24. The lowest BCUT2D eigenvalue weighted by Gasteiger charge is -2.27. The number of rotatable bonds is 2. The Labute approximate surface area is 91.1 Å². The molecule has 1 fully saturated rings. The first-order valence-corrected chi connectivity index (χ1v) is 5.69. The highest BCUT2D eigenvalue weighted by atomic mass is 14.9. The number of aromatic nitrogens is 1. The van der Waals surface area contributed by atoms with Gasteiger partial charge in [0.25, 0.3) is 0 Å². The van der Waals surface area contributed by atoms with Crippen molar-refractivity contribution in [3.05, 3.63) is 24.0 Å². The Morgan fingerprint density at radius 1 is 1.33 bits per heavy atom. The van der Waals surface area contributed by atoms with Crippen molar-refractivity contribution in [3.63, 3.8) is 0 Å². The lowest BCUT2D eigenvalue weighted by Crippen LogP contribution is -2.32. The highest BCUT2D eigenvalue weighted by Crippen LogP contribution is 2.21. The number of nitrogens with zero attached hydrogens (tertiary/aromatic N) is 1. The van der Waals surface area contributed by atoms with Crippen molar-refractivity contribution in [2.45, 2.75) is 44.7 Å². The topological polar surface area (TPSA) is 50.9 Å². The maximum absolute atomic E-state index is 5.88. The summed E-state index contributed by atoms with van der Waals surface area (Å²) in [4.78, 5) is 4.18. The fourth-order valence-electron chi connectivity index (χ4n) is 2.13. The Morgan fingerprint density at radius 3 is 2.73 bits per heavy atom. The lowest BCUT2D eigenvalue weighted by molar-refractivity contribution is 0.411. The van der Waals surface area contributed by atoms with Crippen LogP contribution in [0, 0.1) is 6.92 Å². The first-order chi connectivity index (χ1) is 7.24. The summed E-state index contributed by atoms with van der Waals surface area (Å²) >= 11 is 0. The van der Waals surface area contributed by atoms with Crippen molar-refractivity contribution in [1.82, 2.24) is 4.98 Å². The van der Waals surface area contributed by atoms with Crippen molar-refractivity contribution < 1.29 is 0 Å². The third kappa shape index (κ3) is 2.93. The van der Waals surface area contributed by atoms with Crippen LogP contribution in [0.2, 0.25) is 0 Å². The van der Waals surface area contributed by atoms with Gasteiger partial charge in [-0.05, 0) is 44.7 Å². The number of hydrogen-bond donors (Lipinski definition) is 2. The Balaban J connectivity index is 1.92. The SMILES string of the molecule is Cc1cc(NC2CCC(N)CC2)ccn1. The quantitative estimate of drug-likeness (QED) is 0.777. The zero-order chi connectivity index (χ0) is 10.7. The lowest BCUT2D eigenvalue weighted by atomic mass is 9.92. The maximum Gasteiger partial charge on any atom is 0.0393 e. The van der Waals surface area contributed by atoms with Crippen LogP contribution >= 0.6 is 0 Å². The summed E-state index contributed by atoms with van der Waals surface area (Å²) in [5.41, 5.74) is 8.12. The highest BCUT2D eigenvalue weighted by Gasteiger charge is 2.17. The zero-order valence-corrected chi connectivity index (χ0v) is 9.24. The molecule has 0 aromatic carbocycles. The minimum Gasteiger partial charge on any atom is -0.382 e. The van der Waals surface area contributed by atoms with Gasteiger partial charge in [0.05, 0.1) is 0 Å². The maximum atomic E-state index is 5.88. The molecule has 1 aliphatic carbocycles. The predicted octanol–water partition coefficient (Wildman–Crippen LogP) is 2.07. The number of nitrogens with one attached hydrogen (secondary N) is 1. The molecule has 0 saturated heterocycles. The van der Waals surface area contributed by atoms with E-state index in [9.17, 15) is 0 Å². The highest BCUT2D eigenvalue weighted by molar-refractivity contribution is 5.43. The van der Waals surface area contributed by atoms with Gasteiger partial charge < -0.3 is 11.1 Å². The average Bonchev–Trinajstić information content (AvgIpc) is 2.22. The van der Waals surface area contributed by atoms with E-state index in [0.29, 0.717) is 12.1 Å². The van der Waals surface area contributed by atoms with E-state index in [0.717, 1.165) is 18.5 Å². The van der Waals surface area contributed by atoms with Gasteiger partial charge >= 0.3 is 0 Å². The van der Waals surface area contributed by atoms with Crippen LogP contribution in [0.1, 0.15) is 31.4 Å². The van der Waals surface area contributed by atoms with Gasteiger partial charge in [0.2, 0.25) is 0 Å². The Hall–Kier alpha value is -1.09. The second-order valence-corrected chi connectivity index (χ2v) is 4.44. The minimum absolute atomic E-state index is 0.419. The largest absolute Gasteiger partial charge is 0.382 e. The smallest absolute Gasteiger partial charge is 0.0393 e. The third-order valence-corrected chi connectivity index (χ3v) is 3.04. The average molecular weight is 205 g/mol. The molecule has 0 atom stereocenters. The molecule has 0 aliphatic heterocycles. The molecule has 0 unspecified atom stereocenters. The summed E-state index contributed by atoms with van der Waals surface area (Å²) in [6.45, 7) is 2.02. The van der Waals surface area contributed by atoms with Crippen LogP contribution in [0.3, 0.4) is 0 Å². The van der Waals surface area contributed by atoms with E-state index in [1.54, 1.807) is 0 Å². The van der Waals surface area contributed by atoms with E-state index in [-0.39, 0.29) is 0 Å². The van der Waals surface area contributed by atoms with Gasteiger partial charge in [-0.1, -0.05) is 0 Å². The molecule has 1 aromatic rings. The minimum atomic E-state index is 0.419. The standard InChI is InChI=1S/C12H19N3/c1-9-8-12(6-7-14-9)15-11-4-2-10(13)3-5-11/h6-8,10-11H,2-5,13H2,1H3,(H,14,15). The second kappa shape index (κ2) is 4.62. The van der Waals surface area contributed by atoms with Crippen molar-refractivity contribution >= 4 is 5.69 Å². The Morgan fingerprint density at radius 2 is 2.07 bits per heavy atom. The molecule has 1 heterocycles. The fourth-order valence-corrected chi connectivity index (χ4v) is 2.13.